The Morgan fingerprint density at radius 1 is 0.900 bits per heavy atom. The molecule has 4 heteroatoms. The van der Waals surface area contributed by atoms with Crippen LogP contribution in [0.2, 0.25) is 0 Å². The Morgan fingerprint density at radius 2 is 1.70 bits per heavy atom. The number of benzene rings is 1. The van der Waals surface area contributed by atoms with Crippen molar-refractivity contribution in [2.45, 2.75) is 32.2 Å². The third kappa shape index (κ3) is 4.93. The number of hydrogen-bond acceptors (Lipinski definition) is 4. The number of pyridine rings is 1. The Labute approximate surface area is 181 Å². The number of aromatic nitrogens is 1. The molecule has 2 saturated heterocycles. The van der Waals surface area contributed by atoms with Gasteiger partial charge in [-0.1, -0.05) is 36.8 Å². The number of rotatable bonds is 9. The molecule has 0 bridgehead atoms. The lowest BCUT2D eigenvalue weighted by Gasteiger charge is -2.26. The first-order valence-electron chi connectivity index (χ1n) is 11.9. The summed E-state index contributed by atoms with van der Waals surface area (Å²) in [7, 11) is 0. The van der Waals surface area contributed by atoms with Crippen LogP contribution in [0.3, 0.4) is 0 Å². The van der Waals surface area contributed by atoms with Crippen LogP contribution in [-0.2, 0) is 11.3 Å². The van der Waals surface area contributed by atoms with E-state index in [1.807, 2.05) is 18.5 Å². The maximum absolute atomic E-state index is 6.04. The van der Waals surface area contributed by atoms with Crippen LogP contribution in [0.5, 0.6) is 0 Å². The number of nitrogens with zero attached hydrogens (tertiary/aromatic N) is 3. The molecule has 3 atom stereocenters. The van der Waals surface area contributed by atoms with Crippen molar-refractivity contribution in [1.29, 1.82) is 0 Å². The molecule has 0 unspecified atom stereocenters. The van der Waals surface area contributed by atoms with Crippen molar-refractivity contribution in [3.05, 3.63) is 54.4 Å². The van der Waals surface area contributed by atoms with Crippen LogP contribution in [0, 0.1) is 17.8 Å². The van der Waals surface area contributed by atoms with Crippen LogP contribution < -0.4 is 0 Å². The molecule has 0 spiro atoms. The largest absolute Gasteiger partial charge is 0.381 e. The molecule has 1 aliphatic carbocycles. The summed E-state index contributed by atoms with van der Waals surface area (Å²) in [5, 5.41) is 0. The topological polar surface area (TPSA) is 28.6 Å². The van der Waals surface area contributed by atoms with Crippen molar-refractivity contribution in [3.63, 3.8) is 0 Å². The summed E-state index contributed by atoms with van der Waals surface area (Å²) in [6.45, 7) is 9.33. The van der Waals surface area contributed by atoms with Crippen LogP contribution in [-0.4, -0.2) is 60.7 Å². The SMILES string of the molecule is c1cncc(-c2ccc(CN3C[C@@H]4[C@@H](COCCCN5CCCCC5)[C@@H]4C3)cc2)c1. The average molecular weight is 406 g/mol. The monoisotopic (exact) mass is 405 g/mol. The summed E-state index contributed by atoms with van der Waals surface area (Å²) < 4.78 is 6.04. The van der Waals surface area contributed by atoms with Crippen LogP contribution >= 0.6 is 0 Å². The third-order valence-electron chi connectivity index (χ3n) is 7.32. The molecule has 3 fully saturated rings. The first kappa shape index (κ1) is 20.2. The molecule has 5 rings (SSSR count). The lowest BCUT2D eigenvalue weighted by molar-refractivity contribution is 0.0967. The molecule has 1 saturated carbocycles. The van der Waals surface area contributed by atoms with Gasteiger partial charge in [-0.3, -0.25) is 9.88 Å². The molecule has 0 radical (unpaired) electrons. The quantitative estimate of drug-likeness (QED) is 0.581. The zero-order valence-corrected chi connectivity index (χ0v) is 18.1. The number of piperidine rings is 2. The van der Waals surface area contributed by atoms with E-state index in [9.17, 15) is 0 Å². The molecule has 2 aromatic rings. The molecule has 2 aliphatic heterocycles. The number of likely N-dealkylation sites (tertiary alicyclic amines) is 2. The Balaban J connectivity index is 0.984. The van der Waals surface area contributed by atoms with Crippen molar-refractivity contribution in [2.24, 2.45) is 17.8 Å². The molecule has 3 heterocycles. The molecule has 1 aromatic carbocycles. The van der Waals surface area contributed by atoms with E-state index in [-0.39, 0.29) is 0 Å². The second kappa shape index (κ2) is 9.59. The highest BCUT2D eigenvalue weighted by atomic mass is 16.5. The normalized spacial score (nSPS) is 26.6. The van der Waals surface area contributed by atoms with E-state index >= 15 is 0 Å². The van der Waals surface area contributed by atoms with Gasteiger partial charge in [0.1, 0.15) is 0 Å². The first-order chi connectivity index (χ1) is 14.9. The predicted molar refractivity (Wildman–Crippen MR) is 121 cm³/mol. The highest BCUT2D eigenvalue weighted by molar-refractivity contribution is 5.62. The fourth-order valence-electron chi connectivity index (χ4n) is 5.50. The Hall–Kier alpha value is -1.75. The van der Waals surface area contributed by atoms with Crippen LogP contribution in [0.25, 0.3) is 11.1 Å². The van der Waals surface area contributed by atoms with E-state index in [1.54, 1.807) is 0 Å². The van der Waals surface area contributed by atoms with Gasteiger partial charge in [-0.15, -0.1) is 0 Å². The lowest BCUT2D eigenvalue weighted by Crippen LogP contribution is -2.31. The Bertz CT molecular complexity index is 776. The second-order valence-corrected chi connectivity index (χ2v) is 9.46. The van der Waals surface area contributed by atoms with Gasteiger partial charge < -0.3 is 9.64 Å². The van der Waals surface area contributed by atoms with Crippen molar-refractivity contribution in [2.75, 3.05) is 45.9 Å². The lowest BCUT2D eigenvalue weighted by atomic mass is 10.1. The van der Waals surface area contributed by atoms with Gasteiger partial charge in [0.25, 0.3) is 0 Å². The summed E-state index contributed by atoms with van der Waals surface area (Å²) >= 11 is 0. The molecule has 30 heavy (non-hydrogen) atoms. The maximum Gasteiger partial charge on any atom is 0.0500 e. The zero-order chi connectivity index (χ0) is 20.2. The predicted octanol–water partition coefficient (Wildman–Crippen LogP) is 4.32. The average Bonchev–Trinajstić information content (AvgIpc) is 3.25. The standard InChI is InChI=1S/C26H35N3O/c1-2-12-28(13-3-1)14-5-15-30-20-26-24-18-29(19-25(24)26)17-21-7-9-22(10-8-21)23-6-4-11-27-16-23/h4,6-11,16,24-26H,1-3,5,12-15,17-20H2/t24-,25+,26+. The summed E-state index contributed by atoms with van der Waals surface area (Å²) in [6, 6.07) is 13.1. The third-order valence-corrected chi connectivity index (χ3v) is 7.32. The van der Waals surface area contributed by atoms with Gasteiger partial charge in [-0.05, 0) is 72.9 Å². The van der Waals surface area contributed by atoms with Gasteiger partial charge in [-0.25, -0.2) is 0 Å². The summed E-state index contributed by atoms with van der Waals surface area (Å²) in [6.07, 6.45) is 9.15. The highest BCUT2D eigenvalue weighted by Gasteiger charge is 2.55. The van der Waals surface area contributed by atoms with Gasteiger partial charge in [0.2, 0.25) is 0 Å². The van der Waals surface area contributed by atoms with Gasteiger partial charge >= 0.3 is 0 Å². The van der Waals surface area contributed by atoms with E-state index in [2.05, 4.69) is 45.1 Å². The Kier molecular flexibility index (Phi) is 6.45. The molecule has 4 nitrogen and oxygen atoms in total. The smallest absolute Gasteiger partial charge is 0.0500 e. The minimum atomic E-state index is 0.823. The second-order valence-electron chi connectivity index (χ2n) is 9.46. The van der Waals surface area contributed by atoms with E-state index < -0.39 is 0 Å². The van der Waals surface area contributed by atoms with Gasteiger partial charge in [0.15, 0.2) is 0 Å². The maximum atomic E-state index is 6.04. The van der Waals surface area contributed by atoms with Gasteiger partial charge in [-0.2, -0.15) is 0 Å². The van der Waals surface area contributed by atoms with Gasteiger partial charge in [0.05, 0.1) is 6.61 Å². The molecule has 1 aromatic heterocycles. The fourth-order valence-corrected chi connectivity index (χ4v) is 5.50. The van der Waals surface area contributed by atoms with E-state index in [4.69, 9.17) is 4.74 Å². The van der Waals surface area contributed by atoms with E-state index in [0.717, 1.165) is 37.5 Å². The molecule has 0 amide bonds. The summed E-state index contributed by atoms with van der Waals surface area (Å²) in [4.78, 5) is 9.46. The number of hydrogen-bond donors (Lipinski definition) is 0. The zero-order valence-electron chi connectivity index (χ0n) is 18.1. The molecular formula is C26H35N3O. The molecule has 0 N–H and O–H groups in total. The number of fused-ring (bicyclic) bond motifs is 1. The van der Waals surface area contributed by atoms with E-state index in [1.165, 1.54) is 75.1 Å². The summed E-state index contributed by atoms with van der Waals surface area (Å²) in [5.74, 6) is 2.58. The molecule has 3 aliphatic rings. The van der Waals surface area contributed by atoms with Crippen LogP contribution in [0.15, 0.2) is 48.8 Å². The Morgan fingerprint density at radius 3 is 2.43 bits per heavy atom. The van der Waals surface area contributed by atoms with Crippen LogP contribution in [0.1, 0.15) is 31.2 Å². The van der Waals surface area contributed by atoms with Crippen molar-refractivity contribution < 1.29 is 4.74 Å². The fraction of sp³-hybridized carbons (Fsp3) is 0.577. The highest BCUT2D eigenvalue weighted by Crippen LogP contribution is 2.52. The summed E-state index contributed by atoms with van der Waals surface area (Å²) in [5.41, 5.74) is 3.84. The molecular weight excluding hydrogens is 370 g/mol. The van der Waals surface area contributed by atoms with Crippen molar-refractivity contribution >= 4 is 0 Å². The minimum absolute atomic E-state index is 0.823. The number of ether oxygens (including phenoxy) is 1. The van der Waals surface area contributed by atoms with Crippen molar-refractivity contribution in [1.82, 2.24) is 14.8 Å². The first-order valence-corrected chi connectivity index (χ1v) is 11.9. The minimum Gasteiger partial charge on any atom is -0.381 e. The van der Waals surface area contributed by atoms with Crippen molar-refractivity contribution in [3.8, 4) is 11.1 Å². The van der Waals surface area contributed by atoms with E-state index in [0.29, 0.717) is 0 Å². The van der Waals surface area contributed by atoms with Gasteiger partial charge in [0, 0.05) is 45.2 Å². The molecule has 160 valence electrons. The van der Waals surface area contributed by atoms with Crippen LogP contribution in [0.4, 0.5) is 0 Å².